The number of aryl methyl sites for hydroxylation is 1. The molecule has 2 rings (SSSR count). The average molecular weight is 217 g/mol. The molecule has 1 aromatic carbocycles. The third kappa shape index (κ3) is 2.21. The lowest BCUT2D eigenvalue weighted by molar-refractivity contribution is -0.121. The highest BCUT2D eigenvalue weighted by Crippen LogP contribution is 2.11. The molecular weight excluding hydrogens is 202 g/mol. The van der Waals surface area contributed by atoms with Crippen molar-refractivity contribution >= 4 is 16.9 Å². The van der Waals surface area contributed by atoms with Gasteiger partial charge in [0.1, 0.15) is 0 Å². The number of nitrogens with zero attached hydrogens (tertiary/aromatic N) is 2. The van der Waals surface area contributed by atoms with Crippen molar-refractivity contribution in [3.05, 3.63) is 30.6 Å². The van der Waals surface area contributed by atoms with Gasteiger partial charge in [-0.3, -0.25) is 4.79 Å². The highest BCUT2D eigenvalue weighted by Gasteiger charge is 2.03. The van der Waals surface area contributed by atoms with Crippen LogP contribution in [0.3, 0.4) is 0 Å². The Morgan fingerprint density at radius 1 is 1.44 bits per heavy atom. The normalized spacial score (nSPS) is 10.6. The lowest BCUT2D eigenvalue weighted by atomic mass is 10.3. The summed E-state index contributed by atoms with van der Waals surface area (Å²) < 4.78 is 2.00. The van der Waals surface area contributed by atoms with Gasteiger partial charge in [0.05, 0.1) is 17.4 Å². The number of para-hydroxylation sites is 2. The van der Waals surface area contributed by atoms with E-state index >= 15 is 0 Å². The molecule has 1 heterocycles. The van der Waals surface area contributed by atoms with Crippen LogP contribution in [0.4, 0.5) is 0 Å². The van der Waals surface area contributed by atoms with Crippen LogP contribution in [0.1, 0.15) is 13.3 Å². The van der Waals surface area contributed by atoms with Gasteiger partial charge in [-0.15, -0.1) is 0 Å². The Labute approximate surface area is 94.3 Å². The highest BCUT2D eigenvalue weighted by molar-refractivity contribution is 5.77. The lowest BCUT2D eigenvalue weighted by Gasteiger charge is -2.04. The van der Waals surface area contributed by atoms with E-state index in [2.05, 4.69) is 10.3 Å². The van der Waals surface area contributed by atoms with Gasteiger partial charge in [0, 0.05) is 19.5 Å². The zero-order chi connectivity index (χ0) is 11.4. The van der Waals surface area contributed by atoms with Gasteiger partial charge in [0.15, 0.2) is 0 Å². The molecule has 4 nitrogen and oxygen atoms in total. The number of imidazole rings is 1. The molecule has 0 fully saturated rings. The number of nitrogens with one attached hydrogen (secondary N) is 1. The van der Waals surface area contributed by atoms with Crippen LogP contribution in [0.15, 0.2) is 30.6 Å². The molecular formula is C12H15N3O. The fraction of sp³-hybridized carbons (Fsp3) is 0.333. The Hall–Kier alpha value is -1.84. The van der Waals surface area contributed by atoms with Crippen molar-refractivity contribution in [2.75, 3.05) is 6.54 Å². The molecule has 0 aliphatic rings. The first-order valence-corrected chi connectivity index (χ1v) is 5.48. The van der Waals surface area contributed by atoms with Gasteiger partial charge in [-0.25, -0.2) is 4.98 Å². The summed E-state index contributed by atoms with van der Waals surface area (Å²) in [6, 6.07) is 7.92. The average Bonchev–Trinajstić information content (AvgIpc) is 2.70. The van der Waals surface area contributed by atoms with E-state index < -0.39 is 0 Å². The molecule has 84 valence electrons. The molecule has 0 saturated carbocycles. The summed E-state index contributed by atoms with van der Waals surface area (Å²) in [6.45, 7) is 3.28. The van der Waals surface area contributed by atoms with Crippen LogP contribution in [0.5, 0.6) is 0 Å². The van der Waals surface area contributed by atoms with E-state index in [1.165, 1.54) is 0 Å². The molecule has 1 aromatic heterocycles. The fourth-order valence-electron chi connectivity index (χ4n) is 1.70. The maximum Gasteiger partial charge on any atom is 0.221 e. The summed E-state index contributed by atoms with van der Waals surface area (Å²) in [7, 11) is 0. The molecule has 0 atom stereocenters. The maximum absolute atomic E-state index is 11.3. The molecule has 16 heavy (non-hydrogen) atoms. The van der Waals surface area contributed by atoms with Gasteiger partial charge >= 0.3 is 0 Å². The summed E-state index contributed by atoms with van der Waals surface area (Å²) in [6.07, 6.45) is 2.28. The van der Waals surface area contributed by atoms with E-state index in [1.807, 2.05) is 35.8 Å². The third-order valence-electron chi connectivity index (χ3n) is 2.48. The van der Waals surface area contributed by atoms with Crippen LogP contribution in [0.2, 0.25) is 0 Å². The van der Waals surface area contributed by atoms with Crippen LogP contribution in [-0.2, 0) is 11.3 Å². The minimum Gasteiger partial charge on any atom is -0.356 e. The summed E-state index contributed by atoms with van der Waals surface area (Å²) in [5.41, 5.74) is 2.05. The SMILES string of the molecule is CCNC(=O)CCn1cnc2ccccc21. The number of carbonyl (C=O) groups is 1. The molecule has 0 aliphatic heterocycles. The minimum absolute atomic E-state index is 0.0836. The Bertz CT molecular complexity index is 490. The van der Waals surface area contributed by atoms with E-state index in [0.717, 1.165) is 11.0 Å². The van der Waals surface area contributed by atoms with Crippen molar-refractivity contribution in [2.45, 2.75) is 19.9 Å². The standard InChI is InChI=1S/C12H15N3O/c1-2-13-12(16)7-8-15-9-14-10-5-3-4-6-11(10)15/h3-6,9H,2,7-8H2,1H3,(H,13,16). The van der Waals surface area contributed by atoms with E-state index in [1.54, 1.807) is 6.33 Å². The number of hydrogen-bond donors (Lipinski definition) is 1. The predicted molar refractivity (Wildman–Crippen MR) is 63.0 cm³/mol. The van der Waals surface area contributed by atoms with Crippen molar-refractivity contribution in [3.63, 3.8) is 0 Å². The monoisotopic (exact) mass is 217 g/mol. The number of aromatic nitrogens is 2. The first kappa shape index (κ1) is 10.7. The van der Waals surface area contributed by atoms with E-state index in [9.17, 15) is 4.79 Å². The second kappa shape index (κ2) is 4.79. The topological polar surface area (TPSA) is 46.9 Å². The first-order valence-electron chi connectivity index (χ1n) is 5.48. The van der Waals surface area contributed by atoms with Crippen molar-refractivity contribution in [1.29, 1.82) is 0 Å². The smallest absolute Gasteiger partial charge is 0.221 e. The number of carbonyl (C=O) groups excluding carboxylic acids is 1. The molecule has 1 N–H and O–H groups in total. The minimum atomic E-state index is 0.0836. The Kier molecular flexibility index (Phi) is 3.19. The zero-order valence-electron chi connectivity index (χ0n) is 9.31. The second-order valence-corrected chi connectivity index (χ2v) is 3.63. The first-order chi connectivity index (χ1) is 7.81. The molecule has 4 heteroatoms. The summed E-state index contributed by atoms with van der Waals surface area (Å²) in [4.78, 5) is 15.6. The van der Waals surface area contributed by atoms with E-state index in [4.69, 9.17) is 0 Å². The molecule has 0 radical (unpaired) electrons. The summed E-state index contributed by atoms with van der Waals surface area (Å²) >= 11 is 0. The number of amides is 1. The van der Waals surface area contributed by atoms with Gasteiger partial charge in [-0.2, -0.15) is 0 Å². The van der Waals surface area contributed by atoms with Gasteiger partial charge in [-0.1, -0.05) is 12.1 Å². The van der Waals surface area contributed by atoms with Crippen LogP contribution in [-0.4, -0.2) is 22.0 Å². The highest BCUT2D eigenvalue weighted by atomic mass is 16.1. The van der Waals surface area contributed by atoms with Crippen molar-refractivity contribution < 1.29 is 4.79 Å². The van der Waals surface area contributed by atoms with E-state index in [0.29, 0.717) is 19.5 Å². The van der Waals surface area contributed by atoms with Crippen molar-refractivity contribution in [1.82, 2.24) is 14.9 Å². The van der Waals surface area contributed by atoms with E-state index in [-0.39, 0.29) is 5.91 Å². The number of rotatable bonds is 4. The number of benzene rings is 1. The lowest BCUT2D eigenvalue weighted by Crippen LogP contribution is -2.23. The van der Waals surface area contributed by atoms with Crippen LogP contribution in [0, 0.1) is 0 Å². The molecule has 0 aliphatic carbocycles. The molecule has 0 unspecified atom stereocenters. The quantitative estimate of drug-likeness (QED) is 0.844. The van der Waals surface area contributed by atoms with Crippen molar-refractivity contribution in [3.8, 4) is 0 Å². The zero-order valence-corrected chi connectivity index (χ0v) is 9.31. The maximum atomic E-state index is 11.3. The summed E-state index contributed by atoms with van der Waals surface area (Å²) in [5, 5.41) is 2.78. The van der Waals surface area contributed by atoms with Gasteiger partial charge in [0.25, 0.3) is 0 Å². The molecule has 0 saturated heterocycles. The molecule has 2 aromatic rings. The number of fused-ring (bicyclic) bond motifs is 1. The molecule has 0 bridgehead atoms. The van der Waals surface area contributed by atoms with Gasteiger partial charge in [-0.05, 0) is 19.1 Å². The largest absolute Gasteiger partial charge is 0.356 e. The third-order valence-corrected chi connectivity index (χ3v) is 2.48. The molecule has 0 spiro atoms. The second-order valence-electron chi connectivity index (χ2n) is 3.63. The van der Waals surface area contributed by atoms with Crippen molar-refractivity contribution in [2.24, 2.45) is 0 Å². The summed E-state index contributed by atoms with van der Waals surface area (Å²) in [5.74, 6) is 0.0836. The fourth-order valence-corrected chi connectivity index (χ4v) is 1.70. The Balaban J connectivity index is 2.07. The Morgan fingerprint density at radius 2 is 2.25 bits per heavy atom. The number of hydrogen-bond acceptors (Lipinski definition) is 2. The van der Waals surface area contributed by atoms with Crippen LogP contribution in [0.25, 0.3) is 11.0 Å². The van der Waals surface area contributed by atoms with Gasteiger partial charge in [0.2, 0.25) is 5.91 Å². The Morgan fingerprint density at radius 3 is 3.06 bits per heavy atom. The van der Waals surface area contributed by atoms with Crippen LogP contribution >= 0.6 is 0 Å². The molecule has 1 amide bonds. The predicted octanol–water partition coefficient (Wildman–Crippen LogP) is 1.56. The van der Waals surface area contributed by atoms with Gasteiger partial charge < -0.3 is 9.88 Å². The van der Waals surface area contributed by atoms with Crippen LogP contribution < -0.4 is 5.32 Å².